The number of halogens is 1. The lowest BCUT2D eigenvalue weighted by atomic mass is 9.90. The lowest BCUT2D eigenvalue weighted by Gasteiger charge is -2.34. The first-order valence-electron chi connectivity index (χ1n) is 34.4. The fourth-order valence-corrected chi connectivity index (χ4v) is 11.4. The number of aliphatic hydroxyl groups excluding tert-OH is 3. The van der Waals surface area contributed by atoms with Gasteiger partial charge >= 0.3 is 5.97 Å². The van der Waals surface area contributed by atoms with Gasteiger partial charge in [-0.1, -0.05) is 84.8 Å². The van der Waals surface area contributed by atoms with Gasteiger partial charge in [0.1, 0.15) is 64.8 Å². The molecule has 11 amide bonds. The maximum Gasteiger partial charge on any atom is 0.305 e. The highest BCUT2D eigenvalue weighted by atomic mass is 19.1. The third-order valence-electron chi connectivity index (χ3n) is 17.5. The number of aliphatic carboxylic acids is 1. The van der Waals surface area contributed by atoms with Crippen LogP contribution in [-0.2, 0) is 96.1 Å². The molecule has 6 rings (SSSR count). The van der Waals surface area contributed by atoms with E-state index in [0.29, 0.717) is 42.7 Å². The Hall–Kier alpha value is -11.6. The summed E-state index contributed by atoms with van der Waals surface area (Å²) >= 11 is 0. The number of primary amides is 1. The van der Waals surface area contributed by atoms with Crippen molar-refractivity contribution in [2.45, 2.75) is 173 Å². The summed E-state index contributed by atoms with van der Waals surface area (Å²) in [5.41, 5.74) is 8.28. The number of carbonyl (C=O) groups is 12. The van der Waals surface area contributed by atoms with E-state index >= 15 is 4.39 Å². The molecule has 0 saturated carbocycles. The summed E-state index contributed by atoms with van der Waals surface area (Å²) in [5, 5.41) is 79.5. The molecule has 10 atom stereocenters. The molecule has 6 aromatic rings. The Bertz CT molecular complexity index is 4080. The van der Waals surface area contributed by atoms with Crippen LogP contribution in [0.1, 0.15) is 106 Å². The van der Waals surface area contributed by atoms with Gasteiger partial charge < -0.3 is 89.0 Å². The molecule has 0 saturated heterocycles. The molecule has 2 aromatic heterocycles. The number of H-pyrrole nitrogens is 2. The Balaban J connectivity index is 1.16. The van der Waals surface area contributed by atoms with Crippen LogP contribution in [0.4, 0.5) is 4.39 Å². The van der Waals surface area contributed by atoms with Gasteiger partial charge in [0.2, 0.25) is 65.0 Å². The minimum atomic E-state index is -2.40. The highest BCUT2D eigenvalue weighted by Gasteiger charge is 2.43. The standard InChI is InChI=1S/C72H94FN17O17/c1-10-44-30-48(107-9)22-23-49(44)45-20-18-42(19-21-45)29-52(63(99)79-51(61(74)97)17-13-14-43-27-38(2)26-39(3)28-43)80-64(100)54(32-58(95)96)81-65(101)55(36-91)82-66(102)59(40(4)92)85-70(106)72(8,33-46-15-11-12-16-50(46)73)86-67(103)60(41(5)93)84-57(94)35-77-62(98)53(31-56-87-89-90-88-56)83-69(105)71(6,7)68(104)76-25-24-47-34-75-37-78-47/h11-12,15-16,18-23,26-28,30,34,37,40-41,51-55,59-60,91-93H,10,13-14,17,24-25,29,31-33,35-36H2,1-9H3,(H2,74,97)(H,75,78)(H,76,104)(H,77,98)(H,79,99)(H,80,100)(H,81,101)(H,82,102)(H,83,105)(H,84,94)(H,85,106)(H,86,103)(H,95,96)(H,87,88,89,90)/t40-,41-,51+,52+,53+,54+,55+,59+,60+,72+/m1/s1. The van der Waals surface area contributed by atoms with Crippen LogP contribution in [-0.4, -0.2) is 209 Å². The molecule has 107 heavy (non-hydrogen) atoms. The number of tetrazole rings is 1. The summed E-state index contributed by atoms with van der Waals surface area (Å²) in [6, 6.07) is 11.0. The fourth-order valence-electron chi connectivity index (χ4n) is 11.4. The van der Waals surface area contributed by atoms with E-state index in [4.69, 9.17) is 10.5 Å². The molecule has 0 aliphatic carbocycles. The predicted octanol–water partition coefficient (Wildman–Crippen LogP) is -1.55. The number of nitrogens with zero attached hydrogens (tertiary/aromatic N) is 4. The van der Waals surface area contributed by atoms with E-state index in [1.807, 2.05) is 51.1 Å². The van der Waals surface area contributed by atoms with Gasteiger partial charge in [0.05, 0.1) is 50.9 Å². The van der Waals surface area contributed by atoms with Gasteiger partial charge in [-0.3, -0.25) is 57.5 Å². The predicted molar refractivity (Wildman–Crippen MR) is 382 cm³/mol. The molecular formula is C72H94FN17O17. The van der Waals surface area contributed by atoms with Crippen molar-refractivity contribution in [3.05, 3.63) is 148 Å². The Morgan fingerprint density at radius 2 is 1.28 bits per heavy atom. The van der Waals surface area contributed by atoms with Crippen LogP contribution >= 0.6 is 0 Å². The van der Waals surface area contributed by atoms with Crippen molar-refractivity contribution in [2.75, 3.05) is 26.8 Å². The van der Waals surface area contributed by atoms with Crippen molar-refractivity contribution in [3.63, 3.8) is 0 Å². The van der Waals surface area contributed by atoms with E-state index in [9.17, 15) is 78.0 Å². The molecule has 34 nitrogen and oxygen atoms in total. The van der Waals surface area contributed by atoms with Gasteiger partial charge in [-0.15, -0.1) is 5.10 Å². The van der Waals surface area contributed by atoms with E-state index in [1.165, 1.54) is 38.4 Å². The Morgan fingerprint density at radius 3 is 1.88 bits per heavy atom. The fraction of sp³-hybridized carbons (Fsp3) is 0.444. The van der Waals surface area contributed by atoms with Gasteiger partial charge in [0, 0.05) is 38.4 Å². The molecule has 2 heterocycles. The molecule has 0 fully saturated rings. The van der Waals surface area contributed by atoms with E-state index in [0.717, 1.165) is 60.2 Å². The zero-order valence-corrected chi connectivity index (χ0v) is 60.8. The molecular weight excluding hydrogens is 1390 g/mol. The zero-order chi connectivity index (χ0) is 78.9. The van der Waals surface area contributed by atoms with E-state index in [1.54, 1.807) is 43.6 Å². The number of ether oxygens (including phenoxy) is 1. The first-order valence-corrected chi connectivity index (χ1v) is 34.4. The first kappa shape index (κ1) is 84.3. The molecule has 0 unspecified atom stereocenters. The zero-order valence-electron chi connectivity index (χ0n) is 60.8. The number of aliphatic hydroxyl groups is 3. The number of methoxy groups -OCH3 is 1. The highest BCUT2D eigenvalue weighted by molar-refractivity contribution is 6.06. The van der Waals surface area contributed by atoms with Crippen molar-refractivity contribution < 1.29 is 87.1 Å². The molecule has 0 spiro atoms. The van der Waals surface area contributed by atoms with Crippen LogP contribution in [0, 0.1) is 25.1 Å². The molecule has 35 heteroatoms. The second-order valence-corrected chi connectivity index (χ2v) is 26.6. The Kier molecular flexibility index (Phi) is 31.1. The van der Waals surface area contributed by atoms with Crippen LogP contribution in [0.5, 0.6) is 5.75 Å². The maximum absolute atomic E-state index is 15.5. The van der Waals surface area contributed by atoms with Crippen LogP contribution < -0.4 is 63.6 Å². The minimum Gasteiger partial charge on any atom is -0.497 e. The topological polar surface area (TPSA) is 524 Å². The molecule has 0 aliphatic heterocycles. The highest BCUT2D eigenvalue weighted by Crippen LogP contribution is 2.29. The molecule has 0 radical (unpaired) electrons. The number of aromatic nitrogens is 6. The quantitative estimate of drug-likeness (QED) is 0.0193. The monoisotopic (exact) mass is 1490 g/mol. The van der Waals surface area contributed by atoms with E-state index in [2.05, 4.69) is 83.8 Å². The largest absolute Gasteiger partial charge is 0.497 e. The summed E-state index contributed by atoms with van der Waals surface area (Å²) in [6.07, 6.45) is -1.12. The number of hydrogen-bond donors (Lipinski definition) is 17. The van der Waals surface area contributed by atoms with Crippen LogP contribution in [0.15, 0.2) is 97.5 Å². The van der Waals surface area contributed by atoms with Crippen molar-refractivity contribution in [1.82, 2.24) is 83.8 Å². The second-order valence-electron chi connectivity index (χ2n) is 26.6. The molecule has 0 bridgehead atoms. The average molecular weight is 1490 g/mol. The first-order chi connectivity index (χ1) is 50.6. The number of carbonyl (C=O) groups excluding carboxylic acids is 11. The summed E-state index contributed by atoms with van der Waals surface area (Å²) in [6.45, 7) is 9.55. The summed E-state index contributed by atoms with van der Waals surface area (Å²) in [5.74, 6) is -14.1. The number of rotatable bonds is 41. The number of carboxylic acids is 1. The van der Waals surface area contributed by atoms with Crippen molar-refractivity contribution >= 4 is 70.9 Å². The number of aryl methyl sites for hydroxylation is 4. The maximum atomic E-state index is 15.5. The molecule has 4 aromatic carbocycles. The number of hydrogen-bond acceptors (Lipinski definition) is 20. The minimum absolute atomic E-state index is 0.00461. The molecule has 576 valence electrons. The summed E-state index contributed by atoms with van der Waals surface area (Å²) in [4.78, 5) is 172. The average Bonchev–Trinajstić information content (AvgIpc) is 1.41. The summed E-state index contributed by atoms with van der Waals surface area (Å²) < 4.78 is 20.9. The third-order valence-corrected chi connectivity index (χ3v) is 17.5. The lowest BCUT2D eigenvalue weighted by molar-refractivity contribution is -0.143. The van der Waals surface area contributed by atoms with E-state index in [-0.39, 0.29) is 37.2 Å². The van der Waals surface area contributed by atoms with Crippen LogP contribution in [0.25, 0.3) is 11.1 Å². The van der Waals surface area contributed by atoms with Crippen molar-refractivity contribution in [2.24, 2.45) is 11.1 Å². The Labute approximate surface area is 615 Å². The smallest absolute Gasteiger partial charge is 0.305 e. The summed E-state index contributed by atoms with van der Waals surface area (Å²) in [7, 11) is 1.55. The number of nitrogens with two attached hydrogens (primary N) is 1. The number of carboxylic acid groups (broad SMARTS) is 1. The number of aromatic amines is 2. The van der Waals surface area contributed by atoms with Crippen molar-refractivity contribution in [1.29, 1.82) is 0 Å². The van der Waals surface area contributed by atoms with Gasteiger partial charge in [-0.25, -0.2) is 14.5 Å². The second kappa shape index (κ2) is 39.5. The Morgan fingerprint density at radius 1 is 0.654 bits per heavy atom. The number of amides is 11. The lowest BCUT2D eigenvalue weighted by Crippen LogP contribution is -2.67. The van der Waals surface area contributed by atoms with Crippen LogP contribution in [0.3, 0.4) is 0 Å². The number of imidazole rings is 1. The van der Waals surface area contributed by atoms with Gasteiger partial charge in [0.15, 0.2) is 5.82 Å². The van der Waals surface area contributed by atoms with Gasteiger partial charge in [-0.05, 0) is 136 Å². The van der Waals surface area contributed by atoms with Gasteiger partial charge in [0.25, 0.3) is 0 Å². The van der Waals surface area contributed by atoms with Gasteiger partial charge in [-0.2, -0.15) is 0 Å². The SMILES string of the molecule is CCc1cc(OC)ccc1-c1ccc(C[C@H](NC(=O)[C@H](CC(=O)O)NC(=O)[C@H](CO)NC(=O)[C@@H](NC(=O)[C@](C)(Cc2ccccc2F)NC(=O)[C@@H](NC(=O)CNC(=O)[C@H](Cc2nnn[nH]2)NC(=O)C(C)(C)C(=O)NCCc2c[nH]cn2)[C@@H](C)O)[C@@H](C)O)C(=O)N[C@@H](CCCc2cc(C)cc(C)c2)C(N)=O)cc1. The van der Waals surface area contributed by atoms with E-state index < -0.39 is 168 Å². The third kappa shape index (κ3) is 25.0. The van der Waals surface area contributed by atoms with Crippen LogP contribution in [0.2, 0.25) is 0 Å². The number of benzene rings is 4. The van der Waals surface area contributed by atoms with Crippen molar-refractivity contribution in [3.8, 4) is 16.9 Å². The number of nitrogens with one attached hydrogen (secondary N) is 12. The molecule has 0 aliphatic rings. The normalized spacial score (nSPS) is 14.4. The molecule has 18 N–H and O–H groups in total.